The molecule has 0 spiro atoms. The number of hydrogen-bond acceptors (Lipinski definition) is 2. The van der Waals surface area contributed by atoms with Crippen LogP contribution in [0.15, 0.2) is 18.2 Å². The molecule has 0 aromatic heterocycles. The summed E-state index contributed by atoms with van der Waals surface area (Å²) < 4.78 is 11.0. The zero-order chi connectivity index (χ0) is 12.4. The predicted molar refractivity (Wildman–Crippen MR) is 70.0 cm³/mol. The van der Waals surface area contributed by atoms with Crippen LogP contribution in [0, 0.1) is 0 Å². The smallest absolute Gasteiger partial charge is 0.122 e. The average Bonchev–Trinajstić information content (AvgIpc) is 3.07. The summed E-state index contributed by atoms with van der Waals surface area (Å²) in [7, 11) is 1.70. The van der Waals surface area contributed by atoms with E-state index in [1.54, 1.807) is 7.11 Å². The van der Waals surface area contributed by atoms with Gasteiger partial charge >= 0.3 is 0 Å². The summed E-state index contributed by atoms with van der Waals surface area (Å²) in [5.74, 6) is 1.32. The minimum Gasteiger partial charge on any atom is -0.496 e. The van der Waals surface area contributed by atoms with Gasteiger partial charge in [0.2, 0.25) is 0 Å². The number of epoxide rings is 1. The maximum Gasteiger partial charge on any atom is 0.122 e. The van der Waals surface area contributed by atoms with Crippen LogP contribution in [0.4, 0.5) is 0 Å². The van der Waals surface area contributed by atoms with E-state index in [1.807, 2.05) is 18.2 Å². The SMILES string of the molecule is CCC1OC1CC(C)c1cc(Cl)ccc1OC. The second-order valence-electron chi connectivity index (χ2n) is 4.64. The summed E-state index contributed by atoms with van der Waals surface area (Å²) in [6.07, 6.45) is 3.01. The molecule has 0 N–H and O–H groups in total. The molecule has 0 amide bonds. The largest absolute Gasteiger partial charge is 0.496 e. The fourth-order valence-electron chi connectivity index (χ4n) is 2.31. The molecular weight excluding hydrogens is 236 g/mol. The predicted octanol–water partition coefficient (Wildman–Crippen LogP) is 4.02. The Morgan fingerprint density at radius 2 is 2.18 bits per heavy atom. The third kappa shape index (κ3) is 2.93. The average molecular weight is 255 g/mol. The van der Waals surface area contributed by atoms with Crippen molar-refractivity contribution >= 4 is 11.6 Å². The summed E-state index contributed by atoms with van der Waals surface area (Å²) >= 11 is 6.04. The molecule has 1 aliphatic rings. The maximum atomic E-state index is 6.04. The molecule has 3 atom stereocenters. The van der Waals surface area contributed by atoms with E-state index >= 15 is 0 Å². The Labute approximate surface area is 108 Å². The van der Waals surface area contributed by atoms with Crippen molar-refractivity contribution in [3.05, 3.63) is 28.8 Å². The normalized spacial score (nSPS) is 24.5. The van der Waals surface area contributed by atoms with Gasteiger partial charge < -0.3 is 9.47 Å². The Morgan fingerprint density at radius 3 is 2.76 bits per heavy atom. The van der Waals surface area contributed by atoms with Gasteiger partial charge in [0.05, 0.1) is 19.3 Å². The fourth-order valence-corrected chi connectivity index (χ4v) is 2.49. The van der Waals surface area contributed by atoms with Gasteiger partial charge in [-0.2, -0.15) is 0 Å². The molecule has 0 saturated carbocycles. The van der Waals surface area contributed by atoms with Crippen LogP contribution in [0.2, 0.25) is 5.02 Å². The van der Waals surface area contributed by atoms with Gasteiger partial charge in [-0.3, -0.25) is 0 Å². The lowest BCUT2D eigenvalue weighted by Gasteiger charge is -2.15. The first-order valence-corrected chi connectivity index (χ1v) is 6.52. The number of rotatable bonds is 5. The van der Waals surface area contributed by atoms with Crippen LogP contribution in [0.5, 0.6) is 5.75 Å². The highest BCUT2D eigenvalue weighted by Gasteiger charge is 2.38. The maximum absolute atomic E-state index is 6.04. The summed E-state index contributed by atoms with van der Waals surface area (Å²) in [4.78, 5) is 0. The molecule has 1 fully saturated rings. The zero-order valence-electron chi connectivity index (χ0n) is 10.6. The highest BCUT2D eigenvalue weighted by Crippen LogP contribution is 2.38. The van der Waals surface area contributed by atoms with Gasteiger partial charge in [-0.1, -0.05) is 25.4 Å². The number of halogens is 1. The minimum absolute atomic E-state index is 0.408. The van der Waals surface area contributed by atoms with E-state index in [1.165, 1.54) is 5.56 Å². The Morgan fingerprint density at radius 1 is 1.41 bits per heavy atom. The van der Waals surface area contributed by atoms with Gasteiger partial charge in [-0.05, 0) is 42.5 Å². The molecule has 1 aromatic rings. The van der Waals surface area contributed by atoms with Crippen molar-refractivity contribution < 1.29 is 9.47 Å². The van der Waals surface area contributed by atoms with Crippen molar-refractivity contribution in [3.63, 3.8) is 0 Å². The summed E-state index contributed by atoms with van der Waals surface area (Å²) in [6, 6.07) is 5.78. The summed E-state index contributed by atoms with van der Waals surface area (Å²) in [5.41, 5.74) is 1.17. The van der Waals surface area contributed by atoms with Crippen molar-refractivity contribution in [2.75, 3.05) is 7.11 Å². The molecule has 2 nitrogen and oxygen atoms in total. The number of methoxy groups -OCH3 is 1. The standard InChI is InChI=1S/C14H19ClO2/c1-4-12-14(17-12)7-9(2)11-8-10(15)5-6-13(11)16-3/h5-6,8-9,12,14H,4,7H2,1-3H3. The molecular formula is C14H19ClO2. The molecule has 0 bridgehead atoms. The van der Waals surface area contributed by atoms with E-state index in [9.17, 15) is 0 Å². The summed E-state index contributed by atoms with van der Waals surface area (Å²) in [6.45, 7) is 4.36. The van der Waals surface area contributed by atoms with Gasteiger partial charge in [0.1, 0.15) is 5.75 Å². The van der Waals surface area contributed by atoms with E-state index in [0.717, 1.165) is 23.6 Å². The monoisotopic (exact) mass is 254 g/mol. The van der Waals surface area contributed by atoms with Gasteiger partial charge in [0, 0.05) is 5.02 Å². The molecule has 94 valence electrons. The number of benzene rings is 1. The zero-order valence-corrected chi connectivity index (χ0v) is 11.3. The van der Waals surface area contributed by atoms with Crippen molar-refractivity contribution in [2.45, 2.75) is 44.8 Å². The topological polar surface area (TPSA) is 21.8 Å². The van der Waals surface area contributed by atoms with Crippen molar-refractivity contribution in [3.8, 4) is 5.75 Å². The number of hydrogen-bond donors (Lipinski definition) is 0. The van der Waals surface area contributed by atoms with Crippen molar-refractivity contribution in [2.24, 2.45) is 0 Å². The molecule has 1 saturated heterocycles. The molecule has 1 aliphatic heterocycles. The molecule has 0 radical (unpaired) electrons. The van der Waals surface area contributed by atoms with Gasteiger partial charge in [0.15, 0.2) is 0 Å². The minimum atomic E-state index is 0.408. The van der Waals surface area contributed by atoms with E-state index in [-0.39, 0.29) is 0 Å². The van der Waals surface area contributed by atoms with Crippen LogP contribution in [-0.4, -0.2) is 19.3 Å². The quantitative estimate of drug-likeness (QED) is 0.741. The first-order chi connectivity index (χ1) is 8.15. The van der Waals surface area contributed by atoms with Crippen LogP contribution in [-0.2, 0) is 4.74 Å². The van der Waals surface area contributed by atoms with Crippen LogP contribution < -0.4 is 4.74 Å². The summed E-state index contributed by atoms with van der Waals surface area (Å²) in [5, 5.41) is 0.761. The Balaban J connectivity index is 2.07. The van der Waals surface area contributed by atoms with Gasteiger partial charge in [-0.25, -0.2) is 0 Å². The Hall–Kier alpha value is -0.730. The highest BCUT2D eigenvalue weighted by atomic mass is 35.5. The third-order valence-corrected chi connectivity index (χ3v) is 3.63. The molecule has 3 heteroatoms. The highest BCUT2D eigenvalue weighted by molar-refractivity contribution is 6.30. The Kier molecular flexibility index (Phi) is 3.95. The lowest BCUT2D eigenvalue weighted by molar-refractivity contribution is 0.350. The number of ether oxygens (including phenoxy) is 2. The van der Waals surface area contributed by atoms with E-state index in [4.69, 9.17) is 21.1 Å². The Bertz CT molecular complexity index is 392. The van der Waals surface area contributed by atoms with Gasteiger partial charge in [0.25, 0.3) is 0 Å². The first kappa shape index (κ1) is 12.7. The molecule has 17 heavy (non-hydrogen) atoms. The molecule has 1 aromatic carbocycles. The van der Waals surface area contributed by atoms with Gasteiger partial charge in [-0.15, -0.1) is 0 Å². The molecule has 1 heterocycles. The van der Waals surface area contributed by atoms with Crippen molar-refractivity contribution in [1.29, 1.82) is 0 Å². The van der Waals surface area contributed by atoms with Crippen LogP contribution in [0.25, 0.3) is 0 Å². The molecule has 3 unspecified atom stereocenters. The fraction of sp³-hybridized carbons (Fsp3) is 0.571. The second kappa shape index (κ2) is 5.28. The van der Waals surface area contributed by atoms with Crippen LogP contribution >= 0.6 is 11.6 Å². The molecule has 2 rings (SSSR count). The second-order valence-corrected chi connectivity index (χ2v) is 5.08. The van der Waals surface area contributed by atoms with Crippen LogP contribution in [0.3, 0.4) is 0 Å². The lowest BCUT2D eigenvalue weighted by atomic mass is 9.94. The molecule has 0 aliphatic carbocycles. The lowest BCUT2D eigenvalue weighted by Crippen LogP contribution is -2.03. The van der Waals surface area contributed by atoms with Crippen molar-refractivity contribution in [1.82, 2.24) is 0 Å². The van der Waals surface area contributed by atoms with E-state index in [2.05, 4.69) is 13.8 Å². The first-order valence-electron chi connectivity index (χ1n) is 6.14. The van der Waals surface area contributed by atoms with E-state index < -0.39 is 0 Å². The van der Waals surface area contributed by atoms with E-state index in [0.29, 0.717) is 18.1 Å². The third-order valence-electron chi connectivity index (χ3n) is 3.40. The van der Waals surface area contributed by atoms with Crippen LogP contribution in [0.1, 0.15) is 38.2 Å².